The first-order valence-corrected chi connectivity index (χ1v) is 7.14. The molecule has 0 aliphatic heterocycles. The van der Waals surface area contributed by atoms with Crippen LogP contribution in [0.1, 0.15) is 37.8 Å². The van der Waals surface area contributed by atoms with Crippen LogP contribution in [0.5, 0.6) is 0 Å². The maximum Gasteiger partial charge on any atom is 0.417 e. The van der Waals surface area contributed by atoms with Gasteiger partial charge < -0.3 is 4.98 Å². The second-order valence-electron chi connectivity index (χ2n) is 6.35. The van der Waals surface area contributed by atoms with Crippen LogP contribution >= 0.6 is 0 Å². The Bertz CT molecular complexity index is 828. The average Bonchev–Trinajstić information content (AvgIpc) is 2.76. The molecule has 1 aliphatic rings. The van der Waals surface area contributed by atoms with Crippen LogP contribution in [-0.4, -0.2) is 4.98 Å². The van der Waals surface area contributed by atoms with Crippen molar-refractivity contribution in [1.29, 1.82) is 0 Å². The van der Waals surface area contributed by atoms with Gasteiger partial charge in [-0.25, -0.2) is 0 Å². The van der Waals surface area contributed by atoms with E-state index in [4.69, 9.17) is 0 Å². The predicted molar refractivity (Wildman–Crippen MR) is 80.6 cm³/mol. The number of rotatable bonds is 1. The number of H-pyrrole nitrogens is 1. The third kappa shape index (κ3) is 2.45. The van der Waals surface area contributed by atoms with Gasteiger partial charge in [0.2, 0.25) is 5.56 Å². The van der Waals surface area contributed by atoms with E-state index in [1.165, 1.54) is 6.07 Å². The van der Waals surface area contributed by atoms with Crippen LogP contribution in [0.15, 0.2) is 35.1 Å². The van der Waals surface area contributed by atoms with Gasteiger partial charge in [0.25, 0.3) is 0 Å². The Hall–Kier alpha value is -2.04. The number of halogens is 3. The molecule has 22 heavy (non-hydrogen) atoms. The first-order chi connectivity index (χ1) is 10.2. The van der Waals surface area contributed by atoms with Gasteiger partial charge >= 0.3 is 6.18 Å². The van der Waals surface area contributed by atoms with E-state index in [9.17, 15) is 18.0 Å². The first-order valence-electron chi connectivity index (χ1n) is 7.14. The van der Waals surface area contributed by atoms with E-state index in [0.29, 0.717) is 6.07 Å². The van der Waals surface area contributed by atoms with Crippen LogP contribution in [0.4, 0.5) is 13.2 Å². The van der Waals surface area contributed by atoms with Gasteiger partial charge in [-0.1, -0.05) is 26.0 Å². The van der Waals surface area contributed by atoms with Gasteiger partial charge in [0.05, 0.1) is 5.56 Å². The van der Waals surface area contributed by atoms with Gasteiger partial charge in [0.1, 0.15) is 0 Å². The molecular weight excluding hydrogens is 291 g/mol. The number of benzene rings is 1. The molecule has 1 N–H and O–H groups in total. The SMILES string of the molecule is CC1(C)CCC=C1c1ccc2[nH]c(=O)cc(C(F)(F)F)c2c1. The quantitative estimate of drug-likeness (QED) is 0.810. The molecule has 2 nitrogen and oxygen atoms in total. The highest BCUT2D eigenvalue weighted by Crippen LogP contribution is 2.45. The lowest BCUT2D eigenvalue weighted by atomic mass is 9.82. The summed E-state index contributed by atoms with van der Waals surface area (Å²) in [6, 6.07) is 5.49. The summed E-state index contributed by atoms with van der Waals surface area (Å²) in [5.41, 5.74) is 0.382. The normalized spacial score (nSPS) is 17.8. The van der Waals surface area contributed by atoms with Crippen LogP contribution in [0.3, 0.4) is 0 Å². The number of pyridine rings is 1. The number of aromatic nitrogens is 1. The van der Waals surface area contributed by atoms with Crippen LogP contribution < -0.4 is 5.56 Å². The summed E-state index contributed by atoms with van der Waals surface area (Å²) < 4.78 is 39.6. The Kier molecular flexibility index (Phi) is 3.20. The minimum absolute atomic E-state index is 0.0354. The Morgan fingerprint density at radius 1 is 1.18 bits per heavy atom. The summed E-state index contributed by atoms with van der Waals surface area (Å²) in [4.78, 5) is 13.9. The third-order valence-corrected chi connectivity index (χ3v) is 4.31. The van der Waals surface area contributed by atoms with Crippen molar-refractivity contribution in [3.8, 4) is 0 Å². The Morgan fingerprint density at radius 2 is 1.91 bits per heavy atom. The number of allylic oxidation sites excluding steroid dienone is 2. The van der Waals surface area contributed by atoms with Gasteiger partial charge in [-0.3, -0.25) is 4.79 Å². The number of hydrogen-bond donors (Lipinski definition) is 1. The van der Waals surface area contributed by atoms with Crippen molar-refractivity contribution >= 4 is 16.5 Å². The van der Waals surface area contributed by atoms with E-state index in [0.717, 1.165) is 24.0 Å². The maximum absolute atomic E-state index is 13.2. The minimum atomic E-state index is -4.55. The molecule has 0 unspecified atom stereocenters. The zero-order chi connectivity index (χ0) is 16.1. The zero-order valence-electron chi connectivity index (χ0n) is 12.3. The molecule has 0 fully saturated rings. The summed E-state index contributed by atoms with van der Waals surface area (Å²) in [7, 11) is 0. The predicted octanol–water partition coefficient (Wildman–Crippen LogP) is 4.75. The number of aromatic amines is 1. The molecule has 0 atom stereocenters. The second-order valence-corrected chi connectivity index (χ2v) is 6.35. The van der Waals surface area contributed by atoms with Gasteiger partial charge in [-0.2, -0.15) is 13.2 Å². The fraction of sp³-hybridized carbons (Fsp3) is 0.353. The monoisotopic (exact) mass is 307 g/mol. The molecule has 0 saturated heterocycles. The van der Waals surface area contributed by atoms with Gasteiger partial charge in [-0.05, 0) is 41.5 Å². The molecule has 116 valence electrons. The average molecular weight is 307 g/mol. The largest absolute Gasteiger partial charge is 0.417 e. The second kappa shape index (κ2) is 4.73. The van der Waals surface area contributed by atoms with Crippen molar-refractivity contribution in [2.45, 2.75) is 32.9 Å². The fourth-order valence-corrected chi connectivity index (χ4v) is 3.15. The summed E-state index contributed by atoms with van der Waals surface area (Å²) in [5, 5.41) is 0.0354. The van der Waals surface area contributed by atoms with E-state index >= 15 is 0 Å². The lowest BCUT2D eigenvalue weighted by molar-refractivity contribution is -0.136. The van der Waals surface area contributed by atoms with Gasteiger partial charge in [-0.15, -0.1) is 0 Å². The van der Waals surface area contributed by atoms with E-state index in [-0.39, 0.29) is 16.3 Å². The zero-order valence-corrected chi connectivity index (χ0v) is 12.3. The molecule has 5 heteroatoms. The molecule has 0 radical (unpaired) electrons. The van der Waals surface area contributed by atoms with Crippen molar-refractivity contribution < 1.29 is 13.2 Å². The highest BCUT2D eigenvalue weighted by molar-refractivity contribution is 5.87. The smallest absolute Gasteiger partial charge is 0.322 e. The third-order valence-electron chi connectivity index (χ3n) is 4.31. The van der Waals surface area contributed by atoms with Crippen molar-refractivity contribution in [3.63, 3.8) is 0 Å². The van der Waals surface area contributed by atoms with Gasteiger partial charge in [0, 0.05) is 17.0 Å². The number of hydrogen-bond acceptors (Lipinski definition) is 1. The topological polar surface area (TPSA) is 32.9 Å². The van der Waals surface area contributed by atoms with E-state index < -0.39 is 17.3 Å². The Morgan fingerprint density at radius 3 is 2.50 bits per heavy atom. The molecule has 0 saturated carbocycles. The Balaban J connectivity index is 2.26. The van der Waals surface area contributed by atoms with Crippen molar-refractivity contribution in [3.05, 3.63) is 51.8 Å². The number of alkyl halides is 3. The summed E-state index contributed by atoms with van der Waals surface area (Å²) in [5.74, 6) is 0. The van der Waals surface area contributed by atoms with Crippen LogP contribution in [0.25, 0.3) is 16.5 Å². The highest BCUT2D eigenvalue weighted by atomic mass is 19.4. The minimum Gasteiger partial charge on any atom is -0.322 e. The molecule has 1 aliphatic carbocycles. The maximum atomic E-state index is 13.2. The molecule has 1 heterocycles. The number of fused-ring (bicyclic) bond motifs is 1. The molecular formula is C17H16F3NO. The lowest BCUT2D eigenvalue weighted by Crippen LogP contribution is -2.14. The van der Waals surface area contributed by atoms with Crippen LogP contribution in [-0.2, 0) is 6.18 Å². The van der Waals surface area contributed by atoms with Gasteiger partial charge in [0.15, 0.2) is 0 Å². The van der Waals surface area contributed by atoms with Crippen molar-refractivity contribution in [2.75, 3.05) is 0 Å². The summed E-state index contributed by atoms with van der Waals surface area (Å²) in [6.07, 6.45) is -0.555. The summed E-state index contributed by atoms with van der Waals surface area (Å²) >= 11 is 0. The van der Waals surface area contributed by atoms with Crippen LogP contribution in [0.2, 0.25) is 0 Å². The van der Waals surface area contributed by atoms with E-state index in [1.54, 1.807) is 12.1 Å². The molecule has 1 aromatic carbocycles. The van der Waals surface area contributed by atoms with Crippen molar-refractivity contribution in [1.82, 2.24) is 4.98 Å². The molecule has 1 aromatic heterocycles. The molecule has 0 bridgehead atoms. The molecule has 0 spiro atoms. The fourth-order valence-electron chi connectivity index (χ4n) is 3.15. The molecule has 3 rings (SSSR count). The Labute approximate surface area is 125 Å². The standard InChI is InChI=1S/C17H16F3NO/c1-16(2)7-3-4-12(16)10-5-6-14-11(8-10)13(17(18,19)20)9-15(22)21-14/h4-6,8-9H,3,7H2,1-2H3,(H,21,22). The van der Waals surface area contributed by atoms with Crippen molar-refractivity contribution in [2.24, 2.45) is 5.41 Å². The molecule has 0 amide bonds. The van der Waals surface area contributed by atoms with E-state index in [2.05, 4.69) is 24.9 Å². The van der Waals surface area contributed by atoms with Crippen LogP contribution in [0, 0.1) is 5.41 Å². The first kappa shape index (κ1) is 14.9. The lowest BCUT2D eigenvalue weighted by Gasteiger charge is -2.23. The highest BCUT2D eigenvalue weighted by Gasteiger charge is 2.34. The molecule has 2 aromatic rings. The number of nitrogens with one attached hydrogen (secondary N) is 1. The van der Waals surface area contributed by atoms with E-state index in [1.807, 2.05) is 0 Å². The summed E-state index contributed by atoms with van der Waals surface area (Å²) in [6.45, 7) is 4.18.